The minimum Gasteiger partial charge on any atom is -0.330 e. The number of hydrogen-bond acceptors (Lipinski definition) is 2. The third-order valence-electron chi connectivity index (χ3n) is 4.60. The first-order chi connectivity index (χ1) is 8.82. The molecule has 1 nitrogen and oxygen atoms in total. The Balaban J connectivity index is 1.68. The van der Waals surface area contributed by atoms with E-state index in [4.69, 9.17) is 5.73 Å². The van der Waals surface area contributed by atoms with Gasteiger partial charge >= 0.3 is 0 Å². The summed E-state index contributed by atoms with van der Waals surface area (Å²) in [5.41, 5.74) is 7.80. The Kier molecular flexibility index (Phi) is 3.67. The van der Waals surface area contributed by atoms with Gasteiger partial charge in [-0.1, -0.05) is 25.0 Å². The van der Waals surface area contributed by atoms with Crippen molar-refractivity contribution in [1.82, 2.24) is 0 Å². The van der Waals surface area contributed by atoms with Gasteiger partial charge in [0, 0.05) is 22.6 Å². The molecule has 0 saturated heterocycles. The summed E-state index contributed by atoms with van der Waals surface area (Å²) in [5.74, 6) is 2.31. The maximum atomic E-state index is 6.04. The zero-order chi connectivity index (χ0) is 12.4. The molecule has 0 heterocycles. The van der Waals surface area contributed by atoms with Crippen molar-refractivity contribution in [2.24, 2.45) is 11.7 Å². The summed E-state index contributed by atoms with van der Waals surface area (Å²) in [5, 5.41) is 0. The summed E-state index contributed by atoms with van der Waals surface area (Å²) in [6.45, 7) is 0.807. The van der Waals surface area contributed by atoms with Crippen molar-refractivity contribution in [3.05, 3.63) is 29.8 Å². The number of nitrogens with two attached hydrogens (primary N) is 1. The lowest BCUT2D eigenvalue weighted by atomic mass is 9.79. The average Bonchev–Trinajstić information content (AvgIpc) is 3.13. The summed E-state index contributed by atoms with van der Waals surface area (Å²) >= 11 is 2.02. The fourth-order valence-corrected chi connectivity index (χ4v) is 4.16. The van der Waals surface area contributed by atoms with Crippen molar-refractivity contribution in [1.29, 1.82) is 0 Å². The topological polar surface area (TPSA) is 26.0 Å². The molecule has 0 amide bonds. The summed E-state index contributed by atoms with van der Waals surface area (Å²) < 4.78 is 0. The largest absolute Gasteiger partial charge is 0.330 e. The predicted molar refractivity (Wildman–Crippen MR) is 79.1 cm³/mol. The van der Waals surface area contributed by atoms with Crippen molar-refractivity contribution in [3.63, 3.8) is 0 Å². The Bertz CT molecular complexity index is 388. The maximum Gasteiger partial charge on any atom is 0.00755 e. The fourth-order valence-electron chi connectivity index (χ4n) is 3.07. The Morgan fingerprint density at radius 3 is 2.33 bits per heavy atom. The van der Waals surface area contributed by atoms with E-state index in [1.54, 1.807) is 0 Å². The SMILES string of the molecule is NCC1(c2ccc(SCC3CC3)cc2)CCCC1. The minimum atomic E-state index is 0.291. The van der Waals surface area contributed by atoms with Crippen molar-refractivity contribution in [2.45, 2.75) is 48.8 Å². The molecule has 0 aliphatic heterocycles. The molecule has 0 aromatic heterocycles. The lowest BCUT2D eigenvalue weighted by molar-refractivity contribution is 0.453. The fraction of sp³-hybridized carbons (Fsp3) is 0.625. The Hall–Kier alpha value is -0.470. The van der Waals surface area contributed by atoms with E-state index in [-0.39, 0.29) is 0 Å². The molecule has 1 aromatic rings. The molecule has 18 heavy (non-hydrogen) atoms. The minimum absolute atomic E-state index is 0.291. The molecule has 0 atom stereocenters. The molecule has 0 unspecified atom stereocenters. The molecular formula is C16H23NS. The first-order valence-corrected chi connectivity index (χ1v) is 8.24. The van der Waals surface area contributed by atoms with Crippen LogP contribution >= 0.6 is 11.8 Å². The number of hydrogen-bond donors (Lipinski definition) is 1. The van der Waals surface area contributed by atoms with Crippen LogP contribution in [0.4, 0.5) is 0 Å². The molecule has 2 aliphatic carbocycles. The van der Waals surface area contributed by atoms with Gasteiger partial charge in [-0.25, -0.2) is 0 Å². The number of rotatable bonds is 5. The Morgan fingerprint density at radius 1 is 1.11 bits per heavy atom. The van der Waals surface area contributed by atoms with Crippen LogP contribution in [-0.2, 0) is 5.41 Å². The number of benzene rings is 1. The molecule has 3 rings (SSSR count). The van der Waals surface area contributed by atoms with Gasteiger partial charge < -0.3 is 5.73 Å². The monoisotopic (exact) mass is 261 g/mol. The summed E-state index contributed by atoms with van der Waals surface area (Å²) in [7, 11) is 0. The molecular weight excluding hydrogens is 238 g/mol. The van der Waals surface area contributed by atoms with Gasteiger partial charge in [-0.2, -0.15) is 0 Å². The highest BCUT2D eigenvalue weighted by atomic mass is 32.2. The molecule has 2 heteroatoms. The lowest BCUT2D eigenvalue weighted by Crippen LogP contribution is -2.31. The molecule has 0 radical (unpaired) electrons. The highest BCUT2D eigenvalue weighted by Crippen LogP contribution is 2.41. The molecule has 98 valence electrons. The van der Waals surface area contributed by atoms with Crippen LogP contribution in [0, 0.1) is 5.92 Å². The molecule has 2 fully saturated rings. The van der Waals surface area contributed by atoms with E-state index in [2.05, 4.69) is 24.3 Å². The Morgan fingerprint density at radius 2 is 1.78 bits per heavy atom. The van der Waals surface area contributed by atoms with Crippen LogP contribution in [0.15, 0.2) is 29.2 Å². The van der Waals surface area contributed by atoms with Gasteiger partial charge in [0.2, 0.25) is 0 Å². The first kappa shape index (κ1) is 12.6. The highest BCUT2D eigenvalue weighted by molar-refractivity contribution is 7.99. The molecule has 1 aromatic carbocycles. The van der Waals surface area contributed by atoms with Crippen molar-refractivity contribution < 1.29 is 0 Å². The quantitative estimate of drug-likeness (QED) is 0.812. The molecule has 2 saturated carbocycles. The Labute approximate surface area is 115 Å². The second-order valence-electron chi connectivity index (χ2n) is 5.97. The van der Waals surface area contributed by atoms with Gasteiger partial charge in [0.05, 0.1) is 0 Å². The van der Waals surface area contributed by atoms with Gasteiger partial charge in [0.15, 0.2) is 0 Å². The standard InChI is InChI=1S/C16H23NS/c17-12-16(9-1-2-10-16)14-5-7-15(8-6-14)18-11-13-3-4-13/h5-8,13H,1-4,9-12,17H2. The van der Waals surface area contributed by atoms with E-state index in [0.717, 1.165) is 12.5 Å². The van der Waals surface area contributed by atoms with Crippen molar-refractivity contribution in [3.8, 4) is 0 Å². The predicted octanol–water partition coefficient (Wildman–Crippen LogP) is 3.96. The zero-order valence-corrected chi connectivity index (χ0v) is 11.8. The third-order valence-corrected chi connectivity index (χ3v) is 5.84. The summed E-state index contributed by atoms with van der Waals surface area (Å²) in [6.07, 6.45) is 8.13. The molecule has 2 aliphatic rings. The van der Waals surface area contributed by atoms with Crippen LogP contribution in [0.5, 0.6) is 0 Å². The van der Waals surface area contributed by atoms with Gasteiger partial charge in [0.25, 0.3) is 0 Å². The zero-order valence-electron chi connectivity index (χ0n) is 11.0. The normalized spacial score (nSPS) is 22.3. The summed E-state index contributed by atoms with van der Waals surface area (Å²) in [6, 6.07) is 9.26. The van der Waals surface area contributed by atoms with Crippen LogP contribution in [0.3, 0.4) is 0 Å². The van der Waals surface area contributed by atoms with Gasteiger partial charge in [-0.3, -0.25) is 0 Å². The van der Waals surface area contributed by atoms with E-state index in [9.17, 15) is 0 Å². The molecule has 0 spiro atoms. The van der Waals surface area contributed by atoms with Gasteiger partial charge in [0.1, 0.15) is 0 Å². The van der Waals surface area contributed by atoms with Crippen LogP contribution in [-0.4, -0.2) is 12.3 Å². The van der Waals surface area contributed by atoms with E-state index in [0.29, 0.717) is 5.41 Å². The maximum absolute atomic E-state index is 6.04. The second kappa shape index (κ2) is 5.26. The van der Waals surface area contributed by atoms with Crippen LogP contribution in [0.1, 0.15) is 44.1 Å². The molecule has 2 N–H and O–H groups in total. The van der Waals surface area contributed by atoms with E-state index in [1.165, 1.54) is 54.7 Å². The van der Waals surface area contributed by atoms with Gasteiger partial charge in [-0.05, 0) is 49.3 Å². The van der Waals surface area contributed by atoms with Crippen LogP contribution in [0.2, 0.25) is 0 Å². The van der Waals surface area contributed by atoms with E-state index >= 15 is 0 Å². The smallest absolute Gasteiger partial charge is 0.00755 e. The molecule has 0 bridgehead atoms. The summed E-state index contributed by atoms with van der Waals surface area (Å²) in [4.78, 5) is 1.43. The van der Waals surface area contributed by atoms with Crippen molar-refractivity contribution in [2.75, 3.05) is 12.3 Å². The number of thioether (sulfide) groups is 1. The second-order valence-corrected chi connectivity index (χ2v) is 7.06. The third kappa shape index (κ3) is 2.60. The highest BCUT2D eigenvalue weighted by Gasteiger charge is 2.34. The van der Waals surface area contributed by atoms with Crippen molar-refractivity contribution >= 4 is 11.8 Å². The average molecular weight is 261 g/mol. The van der Waals surface area contributed by atoms with Crippen LogP contribution < -0.4 is 5.73 Å². The van der Waals surface area contributed by atoms with E-state index < -0.39 is 0 Å². The van der Waals surface area contributed by atoms with Crippen LogP contribution in [0.25, 0.3) is 0 Å². The van der Waals surface area contributed by atoms with Gasteiger partial charge in [-0.15, -0.1) is 11.8 Å². The lowest BCUT2D eigenvalue weighted by Gasteiger charge is -2.28. The van der Waals surface area contributed by atoms with E-state index in [1.807, 2.05) is 11.8 Å². The first-order valence-electron chi connectivity index (χ1n) is 7.26.